The Morgan fingerprint density at radius 1 is 1.24 bits per heavy atom. The van der Waals surface area contributed by atoms with Gasteiger partial charge >= 0.3 is 0 Å². The van der Waals surface area contributed by atoms with Crippen LogP contribution in [0.5, 0.6) is 0 Å². The Labute approximate surface area is 215 Å². The van der Waals surface area contributed by atoms with Crippen LogP contribution in [-0.2, 0) is 11.8 Å². The number of benzene rings is 2. The van der Waals surface area contributed by atoms with Crippen molar-refractivity contribution in [2.45, 2.75) is 25.2 Å². The largest absolute Gasteiger partial charge is 0.343 e. The van der Waals surface area contributed by atoms with Crippen molar-refractivity contribution in [1.29, 1.82) is 5.26 Å². The molecule has 5 rings (SSSR count). The van der Waals surface area contributed by atoms with E-state index in [1.165, 1.54) is 24.3 Å². The highest BCUT2D eigenvalue weighted by atomic mass is 19.3. The number of likely N-dealkylation sites (tertiary alicyclic amines) is 1. The highest BCUT2D eigenvalue weighted by Crippen LogP contribution is 2.40. The van der Waals surface area contributed by atoms with Crippen LogP contribution in [0.1, 0.15) is 39.8 Å². The lowest BCUT2D eigenvalue weighted by Gasteiger charge is -2.36. The van der Waals surface area contributed by atoms with E-state index in [1.54, 1.807) is 10.7 Å². The van der Waals surface area contributed by atoms with E-state index >= 15 is 8.78 Å². The molecule has 0 bridgehead atoms. The first-order valence-electron chi connectivity index (χ1n) is 11.9. The van der Waals surface area contributed by atoms with E-state index < -0.39 is 36.7 Å². The van der Waals surface area contributed by atoms with Crippen LogP contribution < -0.4 is 5.32 Å². The number of nitrogens with zero attached hydrogens (tertiary/aromatic N) is 6. The Bertz CT molecular complexity index is 1570. The van der Waals surface area contributed by atoms with Crippen molar-refractivity contribution >= 4 is 22.7 Å². The lowest BCUT2D eigenvalue weighted by Crippen LogP contribution is -2.52. The number of nitrogens with one attached hydrogen (secondary N) is 1. The van der Waals surface area contributed by atoms with Gasteiger partial charge < -0.3 is 14.7 Å². The maximum Gasteiger partial charge on any atom is 0.276 e. The van der Waals surface area contributed by atoms with Gasteiger partial charge in [0.05, 0.1) is 35.9 Å². The Kier molecular flexibility index (Phi) is 6.36. The zero-order chi connectivity index (χ0) is 27.0. The smallest absolute Gasteiger partial charge is 0.276 e. The maximum atomic E-state index is 15.1. The molecule has 1 unspecified atom stereocenters. The molecule has 1 saturated heterocycles. The Morgan fingerprint density at radius 2 is 2.00 bits per heavy atom. The summed E-state index contributed by atoms with van der Waals surface area (Å²) >= 11 is 0. The average molecular weight is 520 g/mol. The summed E-state index contributed by atoms with van der Waals surface area (Å²) in [6.45, 7) is 0.683. The summed E-state index contributed by atoms with van der Waals surface area (Å²) in [5, 5.41) is 20.5. The summed E-state index contributed by atoms with van der Waals surface area (Å²) in [5.74, 6) is -5.81. The minimum atomic E-state index is -3.31. The van der Waals surface area contributed by atoms with E-state index in [1.807, 2.05) is 32.2 Å². The first-order chi connectivity index (χ1) is 18.2. The number of carbonyl (C=O) groups is 2. The first-order valence-corrected chi connectivity index (χ1v) is 11.9. The van der Waals surface area contributed by atoms with Gasteiger partial charge in [-0.3, -0.25) is 14.3 Å². The average Bonchev–Trinajstić information content (AvgIpc) is 3.50. The van der Waals surface area contributed by atoms with E-state index in [0.717, 1.165) is 21.5 Å². The van der Waals surface area contributed by atoms with Gasteiger partial charge in [-0.1, -0.05) is 17.3 Å². The molecule has 0 saturated carbocycles. The van der Waals surface area contributed by atoms with Crippen LogP contribution in [0.4, 0.5) is 8.78 Å². The maximum absolute atomic E-state index is 15.1. The van der Waals surface area contributed by atoms with Crippen LogP contribution in [0.3, 0.4) is 0 Å². The molecule has 4 aromatic rings. The van der Waals surface area contributed by atoms with E-state index in [2.05, 4.69) is 20.6 Å². The topological polar surface area (TPSA) is 130 Å². The third kappa shape index (κ3) is 4.70. The van der Waals surface area contributed by atoms with Crippen molar-refractivity contribution < 1.29 is 22.9 Å². The molecule has 1 atom stereocenters. The summed E-state index contributed by atoms with van der Waals surface area (Å²) in [7, 11) is 1.81. The number of aryl methyl sites for hydroxylation is 2. The van der Waals surface area contributed by atoms with Gasteiger partial charge in [0.1, 0.15) is 5.92 Å². The summed E-state index contributed by atoms with van der Waals surface area (Å²) < 4.78 is 37.2. The van der Waals surface area contributed by atoms with Gasteiger partial charge in [-0.15, -0.1) is 0 Å². The number of rotatable bonds is 5. The molecule has 0 aliphatic carbocycles. The van der Waals surface area contributed by atoms with Gasteiger partial charge in [-0.25, -0.2) is 8.78 Å². The molecule has 2 aromatic heterocycles. The number of alkyl halides is 2. The monoisotopic (exact) mass is 519 g/mol. The number of amides is 2. The molecular weight excluding hydrogens is 496 g/mol. The number of carbonyl (C=O) groups excluding carboxylic acids is 2. The van der Waals surface area contributed by atoms with Crippen LogP contribution in [0.25, 0.3) is 22.3 Å². The third-order valence-electron chi connectivity index (χ3n) is 6.66. The second-order valence-electron chi connectivity index (χ2n) is 9.19. The summed E-state index contributed by atoms with van der Waals surface area (Å²) in [5.41, 5.74) is 2.99. The molecule has 1 N–H and O–H groups in total. The fourth-order valence-corrected chi connectivity index (χ4v) is 4.59. The minimum absolute atomic E-state index is 0.0454. The molecule has 12 heteroatoms. The van der Waals surface area contributed by atoms with Crippen molar-refractivity contribution in [3.05, 3.63) is 65.2 Å². The standard InChI is InChI=1S/C26H23F2N7O3/c1-15-19-8-7-18(11-21(19)34(2)32-15)23-31-25(38-33-23)20-9-10-35(14-26(20,27)28)22(36)13-30-24(37)17-5-3-16(12-29)4-6-17/h3-8,11,20H,9-10,13-14H2,1-2H3,(H,30,37). The van der Waals surface area contributed by atoms with Crippen molar-refractivity contribution in [1.82, 2.24) is 30.1 Å². The SMILES string of the molecule is Cc1nn(C)c2cc(-c3noc(C4CCN(C(=O)CNC(=O)c5ccc(C#N)cc5)CC4(F)F)n3)ccc12. The van der Waals surface area contributed by atoms with Gasteiger partial charge in [-0.05, 0) is 43.7 Å². The van der Waals surface area contributed by atoms with Crippen molar-refractivity contribution in [2.24, 2.45) is 7.05 Å². The van der Waals surface area contributed by atoms with Gasteiger partial charge in [-0.2, -0.15) is 15.3 Å². The first kappa shape index (κ1) is 25.0. The van der Waals surface area contributed by atoms with E-state index in [9.17, 15) is 9.59 Å². The van der Waals surface area contributed by atoms with Crippen LogP contribution >= 0.6 is 0 Å². The molecule has 0 radical (unpaired) electrons. The van der Waals surface area contributed by atoms with Gasteiger partial charge in [0, 0.05) is 30.1 Å². The molecule has 2 amide bonds. The van der Waals surface area contributed by atoms with E-state index in [4.69, 9.17) is 9.78 Å². The van der Waals surface area contributed by atoms with E-state index in [0.29, 0.717) is 11.1 Å². The highest BCUT2D eigenvalue weighted by Gasteiger charge is 2.49. The Balaban J connectivity index is 1.23. The number of hydrogen-bond acceptors (Lipinski definition) is 7. The van der Waals surface area contributed by atoms with Crippen molar-refractivity contribution in [3.63, 3.8) is 0 Å². The predicted octanol–water partition coefficient (Wildman–Crippen LogP) is 3.18. The third-order valence-corrected chi connectivity index (χ3v) is 6.66. The zero-order valence-corrected chi connectivity index (χ0v) is 20.6. The molecular formula is C26H23F2N7O3. The Hall–Kier alpha value is -4.66. The van der Waals surface area contributed by atoms with Gasteiger partial charge in [0.25, 0.3) is 11.8 Å². The number of hydrogen-bond donors (Lipinski definition) is 1. The van der Waals surface area contributed by atoms with Crippen LogP contribution in [0.15, 0.2) is 47.0 Å². The molecule has 3 heterocycles. The van der Waals surface area contributed by atoms with Crippen molar-refractivity contribution in [2.75, 3.05) is 19.6 Å². The summed E-state index contributed by atoms with van der Waals surface area (Å²) in [4.78, 5) is 30.1. The Morgan fingerprint density at radius 3 is 2.71 bits per heavy atom. The quantitative estimate of drug-likeness (QED) is 0.429. The number of aromatic nitrogens is 4. The molecule has 1 aliphatic rings. The minimum Gasteiger partial charge on any atom is -0.343 e. The zero-order valence-electron chi connectivity index (χ0n) is 20.6. The molecule has 194 valence electrons. The predicted molar refractivity (Wildman–Crippen MR) is 131 cm³/mol. The van der Waals surface area contributed by atoms with Crippen LogP contribution in [0.2, 0.25) is 0 Å². The number of fused-ring (bicyclic) bond motifs is 1. The van der Waals surface area contributed by atoms with Crippen LogP contribution in [-0.4, -0.2) is 62.2 Å². The van der Waals surface area contributed by atoms with Crippen molar-refractivity contribution in [3.8, 4) is 17.5 Å². The number of piperidine rings is 1. The second kappa shape index (κ2) is 9.66. The van der Waals surface area contributed by atoms with E-state index in [-0.39, 0.29) is 30.2 Å². The second-order valence-corrected chi connectivity index (χ2v) is 9.19. The molecule has 2 aromatic carbocycles. The molecule has 1 fully saturated rings. The molecule has 38 heavy (non-hydrogen) atoms. The normalized spacial score (nSPS) is 16.8. The number of nitriles is 1. The highest BCUT2D eigenvalue weighted by molar-refractivity contribution is 5.96. The van der Waals surface area contributed by atoms with Gasteiger partial charge in [0.15, 0.2) is 0 Å². The fraction of sp³-hybridized carbons (Fsp3) is 0.308. The molecule has 0 spiro atoms. The van der Waals surface area contributed by atoms with Crippen LogP contribution in [0, 0.1) is 18.3 Å². The summed E-state index contributed by atoms with van der Waals surface area (Å²) in [6, 6.07) is 13.3. The summed E-state index contributed by atoms with van der Waals surface area (Å²) in [6.07, 6.45) is -0.0795. The fourth-order valence-electron chi connectivity index (χ4n) is 4.59. The van der Waals surface area contributed by atoms with Gasteiger partial charge in [0.2, 0.25) is 17.6 Å². The lowest BCUT2D eigenvalue weighted by atomic mass is 9.92. The molecule has 10 nitrogen and oxygen atoms in total. The lowest BCUT2D eigenvalue weighted by molar-refractivity contribution is -0.144. The number of halogens is 2. The molecule has 1 aliphatic heterocycles.